The molecule has 0 fully saturated rings. The third-order valence-corrected chi connectivity index (χ3v) is 3.11. The molecule has 0 spiro atoms. The van der Waals surface area contributed by atoms with Crippen molar-refractivity contribution >= 4 is 28.6 Å². The van der Waals surface area contributed by atoms with Crippen LogP contribution in [-0.4, -0.2) is 42.3 Å². The molecule has 2 aromatic rings. The van der Waals surface area contributed by atoms with Crippen molar-refractivity contribution in [3.8, 4) is 0 Å². The maximum absolute atomic E-state index is 11.9. The fourth-order valence-corrected chi connectivity index (χ4v) is 2.15. The van der Waals surface area contributed by atoms with E-state index in [0.717, 1.165) is 29.4 Å². The Morgan fingerprint density at radius 2 is 2.11 bits per heavy atom. The molecule has 1 aromatic heterocycles. The molecule has 0 amide bonds. The Hall–Kier alpha value is -1.52. The number of hydrogen-bond donors (Lipinski definition) is 0. The number of para-hydroxylation sites is 1. The smallest absolute Gasteiger partial charge is 0.419 e. The van der Waals surface area contributed by atoms with Crippen LogP contribution in [0.2, 0.25) is 0 Å². The first kappa shape index (κ1) is 13.9. The second kappa shape index (κ2) is 6.08. The largest absolute Gasteiger partial charge is 0.433 e. The van der Waals surface area contributed by atoms with Crippen LogP contribution in [0.4, 0.5) is 4.79 Å². The average molecular weight is 281 g/mol. The number of nitrogens with zero attached hydrogens (tertiary/aromatic N) is 2. The van der Waals surface area contributed by atoms with Crippen molar-refractivity contribution in [2.24, 2.45) is 0 Å². The minimum absolute atomic E-state index is 0.141. The van der Waals surface area contributed by atoms with Gasteiger partial charge in [0.2, 0.25) is 0 Å². The van der Waals surface area contributed by atoms with Gasteiger partial charge < -0.3 is 9.64 Å². The number of halogens is 1. The minimum Gasteiger partial charge on any atom is -0.433 e. The lowest BCUT2D eigenvalue weighted by Crippen LogP contribution is -2.15. The van der Waals surface area contributed by atoms with Gasteiger partial charge >= 0.3 is 6.09 Å². The monoisotopic (exact) mass is 280 g/mol. The molecule has 0 radical (unpaired) electrons. The summed E-state index contributed by atoms with van der Waals surface area (Å²) in [5.41, 5.74) is 1.99. The molecule has 0 bridgehead atoms. The van der Waals surface area contributed by atoms with E-state index in [9.17, 15) is 4.79 Å². The van der Waals surface area contributed by atoms with Gasteiger partial charge in [0.05, 0.1) is 5.52 Å². The standard InChI is InChI=1S/C14H17ClN2O2/c1-16(2)8-7-11-9-17(14(18)19-10-15)13-6-4-3-5-12(11)13/h3-6,9H,7-8,10H2,1-2H3. The fraction of sp³-hybridized carbons (Fsp3) is 0.357. The molecule has 0 saturated carbocycles. The maximum atomic E-state index is 11.9. The normalized spacial score (nSPS) is 11.2. The number of carbonyl (C=O) groups is 1. The van der Waals surface area contributed by atoms with Crippen LogP contribution < -0.4 is 0 Å². The molecule has 0 N–H and O–H groups in total. The van der Waals surface area contributed by atoms with Crippen LogP contribution in [0.3, 0.4) is 0 Å². The molecule has 0 atom stereocenters. The first-order valence-electron chi connectivity index (χ1n) is 6.10. The summed E-state index contributed by atoms with van der Waals surface area (Å²) in [5, 5.41) is 1.08. The van der Waals surface area contributed by atoms with Gasteiger partial charge in [0.25, 0.3) is 0 Å². The van der Waals surface area contributed by atoms with Crippen LogP contribution in [0.25, 0.3) is 10.9 Å². The second-order valence-corrected chi connectivity index (χ2v) is 4.83. The Labute approximate surface area is 117 Å². The van der Waals surface area contributed by atoms with Crippen LogP contribution in [0.1, 0.15) is 5.56 Å². The van der Waals surface area contributed by atoms with E-state index in [4.69, 9.17) is 16.3 Å². The average Bonchev–Trinajstić information content (AvgIpc) is 2.76. The fourth-order valence-electron chi connectivity index (χ4n) is 2.06. The summed E-state index contributed by atoms with van der Waals surface area (Å²) in [7, 11) is 4.06. The molecule has 102 valence electrons. The van der Waals surface area contributed by atoms with E-state index >= 15 is 0 Å². The summed E-state index contributed by atoms with van der Waals surface area (Å²) in [6.07, 6.45) is 2.28. The van der Waals surface area contributed by atoms with Gasteiger partial charge in [-0.15, -0.1) is 0 Å². The number of likely N-dealkylation sites (N-methyl/N-ethyl adjacent to an activating group) is 1. The first-order chi connectivity index (χ1) is 9.13. The number of benzene rings is 1. The molecule has 0 saturated heterocycles. The number of hydrogen-bond acceptors (Lipinski definition) is 3. The van der Waals surface area contributed by atoms with Crippen LogP contribution in [0.5, 0.6) is 0 Å². The van der Waals surface area contributed by atoms with Gasteiger partial charge in [-0.25, -0.2) is 4.79 Å². The van der Waals surface area contributed by atoms with Crippen LogP contribution in [0.15, 0.2) is 30.5 Å². The number of alkyl halides is 1. The van der Waals surface area contributed by atoms with Crippen molar-refractivity contribution in [2.75, 3.05) is 26.7 Å². The second-order valence-electron chi connectivity index (χ2n) is 4.61. The van der Waals surface area contributed by atoms with Gasteiger partial charge in [-0.2, -0.15) is 0 Å². The van der Waals surface area contributed by atoms with E-state index in [1.165, 1.54) is 4.57 Å². The van der Waals surface area contributed by atoms with E-state index < -0.39 is 6.09 Å². The molecule has 5 heteroatoms. The minimum atomic E-state index is -0.442. The third kappa shape index (κ3) is 3.08. The van der Waals surface area contributed by atoms with Gasteiger partial charge in [-0.1, -0.05) is 29.8 Å². The number of aromatic nitrogens is 1. The summed E-state index contributed by atoms with van der Waals surface area (Å²) in [4.78, 5) is 14.0. The number of fused-ring (bicyclic) bond motifs is 1. The highest BCUT2D eigenvalue weighted by atomic mass is 35.5. The van der Waals surface area contributed by atoms with Crippen molar-refractivity contribution in [3.63, 3.8) is 0 Å². The predicted octanol–water partition coefficient (Wildman–Crippen LogP) is 2.93. The molecule has 19 heavy (non-hydrogen) atoms. The third-order valence-electron chi connectivity index (χ3n) is 3.00. The van der Waals surface area contributed by atoms with Crippen LogP contribution >= 0.6 is 11.6 Å². The van der Waals surface area contributed by atoms with Crippen molar-refractivity contribution in [3.05, 3.63) is 36.0 Å². The molecule has 0 aliphatic carbocycles. The van der Waals surface area contributed by atoms with Crippen molar-refractivity contribution in [1.82, 2.24) is 9.47 Å². The topological polar surface area (TPSA) is 34.5 Å². The molecule has 4 nitrogen and oxygen atoms in total. The SMILES string of the molecule is CN(C)CCc1cn(C(=O)OCCl)c2ccccc12. The van der Waals surface area contributed by atoms with Gasteiger partial charge in [0.1, 0.15) is 0 Å². The zero-order chi connectivity index (χ0) is 13.8. The summed E-state index contributed by atoms with van der Waals surface area (Å²) in [5.74, 6) is 0. The van der Waals surface area contributed by atoms with E-state index in [0.29, 0.717) is 0 Å². The van der Waals surface area contributed by atoms with Crippen molar-refractivity contribution in [2.45, 2.75) is 6.42 Å². The molecular formula is C14H17ClN2O2. The van der Waals surface area contributed by atoms with Gasteiger partial charge in [0.15, 0.2) is 6.07 Å². The van der Waals surface area contributed by atoms with E-state index in [1.807, 2.05) is 44.6 Å². The van der Waals surface area contributed by atoms with E-state index in [-0.39, 0.29) is 6.07 Å². The van der Waals surface area contributed by atoms with Gasteiger partial charge in [0, 0.05) is 18.1 Å². The molecule has 0 aliphatic heterocycles. The lowest BCUT2D eigenvalue weighted by atomic mass is 10.1. The molecule has 0 aliphatic rings. The van der Waals surface area contributed by atoms with Gasteiger partial charge in [-0.3, -0.25) is 4.57 Å². The number of ether oxygens (including phenoxy) is 1. The summed E-state index contributed by atoms with van der Waals surface area (Å²) in [6, 6.07) is 7.66. The predicted molar refractivity (Wildman–Crippen MR) is 76.8 cm³/mol. The van der Waals surface area contributed by atoms with Crippen LogP contribution in [0, 0.1) is 0 Å². The zero-order valence-electron chi connectivity index (χ0n) is 11.1. The number of rotatable bonds is 4. The highest BCUT2D eigenvalue weighted by Crippen LogP contribution is 2.22. The summed E-state index contributed by atoms with van der Waals surface area (Å²) >= 11 is 5.44. The Bertz CT molecular complexity index is 578. The number of carbonyl (C=O) groups excluding carboxylic acids is 1. The maximum Gasteiger partial charge on any atom is 0.419 e. The summed E-state index contributed by atoms with van der Waals surface area (Å²) < 4.78 is 6.37. The Morgan fingerprint density at radius 3 is 2.79 bits per heavy atom. The van der Waals surface area contributed by atoms with Gasteiger partial charge in [-0.05, 0) is 32.1 Å². The van der Waals surface area contributed by atoms with E-state index in [1.54, 1.807) is 0 Å². The first-order valence-corrected chi connectivity index (χ1v) is 6.63. The lowest BCUT2D eigenvalue weighted by molar-refractivity contribution is 0.167. The highest BCUT2D eigenvalue weighted by Gasteiger charge is 2.13. The summed E-state index contributed by atoms with van der Waals surface area (Å²) in [6.45, 7) is 0.929. The molecule has 0 unspecified atom stereocenters. The Balaban J connectivity index is 2.39. The lowest BCUT2D eigenvalue weighted by Gasteiger charge is -2.07. The van der Waals surface area contributed by atoms with Crippen molar-refractivity contribution in [1.29, 1.82) is 0 Å². The quantitative estimate of drug-likeness (QED) is 0.808. The molecule has 1 heterocycles. The Kier molecular flexibility index (Phi) is 4.45. The zero-order valence-corrected chi connectivity index (χ0v) is 11.9. The van der Waals surface area contributed by atoms with Crippen LogP contribution in [-0.2, 0) is 11.2 Å². The van der Waals surface area contributed by atoms with E-state index in [2.05, 4.69) is 4.90 Å². The van der Waals surface area contributed by atoms with Crippen molar-refractivity contribution < 1.29 is 9.53 Å². The molecule has 2 rings (SSSR count). The molecule has 1 aromatic carbocycles. The Morgan fingerprint density at radius 1 is 1.37 bits per heavy atom. The highest BCUT2D eigenvalue weighted by molar-refractivity contribution is 6.17. The molecular weight excluding hydrogens is 264 g/mol.